The summed E-state index contributed by atoms with van der Waals surface area (Å²) in [5.74, 6) is 2.35. The first kappa shape index (κ1) is 10.7. The van der Waals surface area contributed by atoms with Gasteiger partial charge in [-0.05, 0) is 54.7 Å². The quantitative estimate of drug-likeness (QED) is 0.786. The van der Waals surface area contributed by atoms with Gasteiger partial charge < -0.3 is 5.73 Å². The van der Waals surface area contributed by atoms with Crippen molar-refractivity contribution in [3.8, 4) is 6.07 Å². The summed E-state index contributed by atoms with van der Waals surface area (Å²) >= 11 is 0. The first-order valence-corrected chi connectivity index (χ1v) is 6.53. The van der Waals surface area contributed by atoms with E-state index in [1.807, 2.05) is 24.3 Å². The Morgan fingerprint density at radius 3 is 2.47 bits per heavy atom. The van der Waals surface area contributed by atoms with Crippen molar-refractivity contribution in [3.05, 3.63) is 29.8 Å². The molecule has 2 N–H and O–H groups in total. The van der Waals surface area contributed by atoms with Crippen LogP contribution in [0.4, 0.5) is 5.69 Å². The van der Waals surface area contributed by atoms with Crippen LogP contribution in [-0.2, 0) is 0 Å². The normalized spacial score (nSPS) is 32.3. The van der Waals surface area contributed by atoms with Crippen molar-refractivity contribution in [3.63, 3.8) is 0 Å². The number of nitrogen functional groups attached to an aromatic ring is 1. The number of benzene rings is 1. The molecular formula is C15H18N2. The Bertz CT molecular complexity index is 443. The molecule has 0 aromatic heterocycles. The van der Waals surface area contributed by atoms with Gasteiger partial charge in [0.05, 0.1) is 12.0 Å². The Morgan fingerprint density at radius 2 is 1.94 bits per heavy atom. The zero-order valence-corrected chi connectivity index (χ0v) is 9.97. The van der Waals surface area contributed by atoms with Crippen molar-refractivity contribution < 1.29 is 0 Å². The van der Waals surface area contributed by atoms with Crippen LogP contribution in [0.3, 0.4) is 0 Å². The maximum atomic E-state index is 9.46. The van der Waals surface area contributed by atoms with Crippen LogP contribution in [-0.4, -0.2) is 0 Å². The van der Waals surface area contributed by atoms with Crippen molar-refractivity contribution in [1.29, 1.82) is 5.26 Å². The molecule has 2 aliphatic carbocycles. The maximum absolute atomic E-state index is 9.46. The van der Waals surface area contributed by atoms with Gasteiger partial charge in [-0.2, -0.15) is 5.26 Å². The fourth-order valence-corrected chi connectivity index (χ4v) is 3.82. The standard InChI is InChI=1S/C15H18N2/c16-9-15(11-3-5-13(17)6-4-11)14-8-10-1-2-12(14)7-10/h3-6,10,12,14-15H,1-2,7-8,17H2. The van der Waals surface area contributed by atoms with Gasteiger partial charge in [-0.15, -0.1) is 0 Å². The third-order valence-electron chi connectivity index (χ3n) is 4.66. The summed E-state index contributed by atoms with van der Waals surface area (Å²) in [5, 5.41) is 9.46. The number of fused-ring (bicyclic) bond motifs is 2. The molecule has 0 radical (unpaired) electrons. The van der Waals surface area contributed by atoms with E-state index in [9.17, 15) is 5.26 Å². The van der Waals surface area contributed by atoms with Crippen molar-refractivity contribution in [2.75, 3.05) is 5.73 Å². The molecule has 0 amide bonds. The van der Waals surface area contributed by atoms with Crippen molar-refractivity contribution in [1.82, 2.24) is 0 Å². The number of nitrogens with two attached hydrogens (primary N) is 1. The highest BCUT2D eigenvalue weighted by Gasteiger charge is 2.43. The summed E-state index contributed by atoms with van der Waals surface area (Å²) in [5.41, 5.74) is 7.63. The van der Waals surface area contributed by atoms with Gasteiger partial charge in [-0.25, -0.2) is 0 Å². The molecule has 0 heterocycles. The molecule has 88 valence electrons. The molecule has 0 aliphatic heterocycles. The van der Waals surface area contributed by atoms with Crippen LogP contribution in [0.15, 0.2) is 24.3 Å². The molecule has 4 atom stereocenters. The molecule has 3 rings (SSSR count). The second kappa shape index (κ2) is 4.07. The molecule has 2 saturated carbocycles. The highest BCUT2D eigenvalue weighted by atomic mass is 14.5. The number of nitriles is 1. The Labute approximate surface area is 102 Å². The van der Waals surface area contributed by atoms with Gasteiger partial charge in [0.15, 0.2) is 0 Å². The van der Waals surface area contributed by atoms with E-state index in [0.29, 0.717) is 5.92 Å². The first-order valence-electron chi connectivity index (χ1n) is 6.53. The van der Waals surface area contributed by atoms with E-state index in [0.717, 1.165) is 23.1 Å². The monoisotopic (exact) mass is 226 g/mol. The number of nitrogens with zero attached hydrogens (tertiary/aromatic N) is 1. The number of anilines is 1. The van der Waals surface area contributed by atoms with Crippen LogP contribution in [0.2, 0.25) is 0 Å². The zero-order chi connectivity index (χ0) is 11.8. The molecule has 2 aliphatic rings. The summed E-state index contributed by atoms with van der Waals surface area (Å²) < 4.78 is 0. The fourth-order valence-electron chi connectivity index (χ4n) is 3.82. The second-order valence-electron chi connectivity index (χ2n) is 5.61. The predicted molar refractivity (Wildman–Crippen MR) is 68.1 cm³/mol. The zero-order valence-electron chi connectivity index (χ0n) is 9.97. The third kappa shape index (κ3) is 1.80. The lowest BCUT2D eigenvalue weighted by Crippen LogP contribution is -2.18. The molecule has 2 nitrogen and oxygen atoms in total. The predicted octanol–water partition coefficient (Wildman–Crippen LogP) is 3.31. The average Bonchev–Trinajstić information content (AvgIpc) is 2.95. The van der Waals surface area contributed by atoms with Gasteiger partial charge in [0, 0.05) is 5.69 Å². The van der Waals surface area contributed by atoms with Crippen LogP contribution in [0, 0.1) is 29.1 Å². The van der Waals surface area contributed by atoms with Crippen LogP contribution in [0.25, 0.3) is 0 Å². The Morgan fingerprint density at radius 1 is 1.18 bits per heavy atom. The lowest BCUT2D eigenvalue weighted by Gasteiger charge is -2.26. The van der Waals surface area contributed by atoms with Gasteiger partial charge in [0.25, 0.3) is 0 Å². The fraction of sp³-hybridized carbons (Fsp3) is 0.533. The van der Waals surface area contributed by atoms with Crippen LogP contribution in [0.1, 0.15) is 37.2 Å². The minimum absolute atomic E-state index is 0.0749. The van der Waals surface area contributed by atoms with Crippen LogP contribution >= 0.6 is 0 Å². The molecule has 17 heavy (non-hydrogen) atoms. The summed E-state index contributed by atoms with van der Waals surface area (Å²) in [6, 6.07) is 10.4. The molecule has 2 bridgehead atoms. The van der Waals surface area contributed by atoms with E-state index >= 15 is 0 Å². The Balaban J connectivity index is 1.84. The molecule has 2 heteroatoms. The lowest BCUT2D eigenvalue weighted by atomic mass is 9.77. The molecule has 0 spiro atoms. The van der Waals surface area contributed by atoms with E-state index in [-0.39, 0.29) is 5.92 Å². The second-order valence-corrected chi connectivity index (χ2v) is 5.61. The minimum Gasteiger partial charge on any atom is -0.399 e. The van der Waals surface area contributed by atoms with Crippen molar-refractivity contribution in [2.45, 2.75) is 31.6 Å². The summed E-state index contributed by atoms with van der Waals surface area (Å²) in [7, 11) is 0. The third-order valence-corrected chi connectivity index (χ3v) is 4.66. The van der Waals surface area contributed by atoms with Gasteiger partial charge in [0.2, 0.25) is 0 Å². The summed E-state index contributed by atoms with van der Waals surface area (Å²) in [6.07, 6.45) is 5.34. The topological polar surface area (TPSA) is 49.8 Å². The van der Waals surface area contributed by atoms with Crippen LogP contribution in [0.5, 0.6) is 0 Å². The summed E-state index contributed by atoms with van der Waals surface area (Å²) in [6.45, 7) is 0. The smallest absolute Gasteiger partial charge is 0.0743 e. The van der Waals surface area contributed by atoms with E-state index in [1.54, 1.807) is 0 Å². The van der Waals surface area contributed by atoms with Gasteiger partial charge >= 0.3 is 0 Å². The molecular weight excluding hydrogens is 208 g/mol. The highest BCUT2D eigenvalue weighted by Crippen LogP contribution is 2.53. The lowest BCUT2D eigenvalue weighted by molar-refractivity contribution is 0.311. The van der Waals surface area contributed by atoms with Crippen LogP contribution < -0.4 is 5.73 Å². The SMILES string of the molecule is N#CC(c1ccc(N)cc1)C1CC2CCC1C2. The Kier molecular flexibility index (Phi) is 2.55. The molecule has 4 unspecified atom stereocenters. The maximum Gasteiger partial charge on any atom is 0.0743 e. The minimum atomic E-state index is 0.0749. The molecule has 1 aromatic carbocycles. The van der Waals surface area contributed by atoms with E-state index in [2.05, 4.69) is 6.07 Å². The van der Waals surface area contributed by atoms with Crippen molar-refractivity contribution in [2.24, 2.45) is 17.8 Å². The first-order chi connectivity index (χ1) is 8.28. The van der Waals surface area contributed by atoms with E-state index in [1.165, 1.54) is 25.7 Å². The van der Waals surface area contributed by atoms with Gasteiger partial charge in [-0.1, -0.05) is 18.6 Å². The van der Waals surface area contributed by atoms with Gasteiger partial charge in [-0.3, -0.25) is 0 Å². The summed E-state index contributed by atoms with van der Waals surface area (Å²) in [4.78, 5) is 0. The number of hydrogen-bond acceptors (Lipinski definition) is 2. The largest absolute Gasteiger partial charge is 0.399 e. The molecule has 2 fully saturated rings. The molecule has 0 saturated heterocycles. The van der Waals surface area contributed by atoms with Gasteiger partial charge in [0.1, 0.15) is 0 Å². The average molecular weight is 226 g/mol. The Hall–Kier alpha value is -1.49. The molecule has 1 aromatic rings. The van der Waals surface area contributed by atoms with E-state index in [4.69, 9.17) is 5.73 Å². The number of rotatable bonds is 2. The van der Waals surface area contributed by atoms with E-state index < -0.39 is 0 Å². The number of hydrogen-bond donors (Lipinski definition) is 1. The van der Waals surface area contributed by atoms with Crippen molar-refractivity contribution >= 4 is 5.69 Å². The highest BCUT2D eigenvalue weighted by molar-refractivity contribution is 5.41.